The monoisotopic (exact) mass is 533 g/mol. The molecule has 0 bridgehead atoms. The predicted octanol–water partition coefficient (Wildman–Crippen LogP) is 7.54. The Hall–Kier alpha value is -4.84. The van der Waals surface area contributed by atoms with Gasteiger partial charge in [-0.15, -0.1) is 0 Å². The van der Waals surface area contributed by atoms with Crippen LogP contribution in [0.3, 0.4) is 0 Å². The zero-order chi connectivity index (χ0) is 27.9. The summed E-state index contributed by atoms with van der Waals surface area (Å²) >= 11 is 0. The molecule has 1 N–H and O–H groups in total. The van der Waals surface area contributed by atoms with Crippen molar-refractivity contribution in [1.29, 1.82) is 0 Å². The van der Waals surface area contributed by atoms with Crippen molar-refractivity contribution in [1.82, 2.24) is 4.98 Å². The molecular formula is C34H31NO5. The lowest BCUT2D eigenvalue weighted by molar-refractivity contribution is 0.0690. The van der Waals surface area contributed by atoms with Gasteiger partial charge in [-0.3, -0.25) is 0 Å². The maximum Gasteiger partial charge on any atom is 0.339 e. The highest BCUT2D eigenvalue weighted by Gasteiger charge is 2.21. The van der Waals surface area contributed by atoms with E-state index in [2.05, 4.69) is 4.98 Å². The second-order valence-electron chi connectivity index (χ2n) is 9.50. The van der Waals surface area contributed by atoms with Gasteiger partial charge >= 0.3 is 5.97 Å². The number of rotatable bonds is 11. The van der Waals surface area contributed by atoms with Gasteiger partial charge in [0.05, 0.1) is 11.2 Å². The molecule has 6 nitrogen and oxygen atoms in total. The molecule has 0 saturated carbocycles. The van der Waals surface area contributed by atoms with E-state index in [0.717, 1.165) is 33.3 Å². The van der Waals surface area contributed by atoms with Crippen molar-refractivity contribution in [2.75, 3.05) is 0 Å². The topological polar surface area (TPSA) is 77.9 Å². The average molecular weight is 534 g/mol. The largest absolute Gasteiger partial charge is 0.488 e. The van der Waals surface area contributed by atoms with Gasteiger partial charge in [0.2, 0.25) is 0 Å². The molecule has 40 heavy (non-hydrogen) atoms. The zero-order valence-corrected chi connectivity index (χ0v) is 22.6. The molecule has 0 amide bonds. The van der Waals surface area contributed by atoms with Gasteiger partial charge in [0.25, 0.3) is 0 Å². The fourth-order valence-corrected chi connectivity index (χ4v) is 4.71. The summed E-state index contributed by atoms with van der Waals surface area (Å²) in [4.78, 5) is 16.9. The molecule has 0 aliphatic heterocycles. The molecular weight excluding hydrogens is 502 g/mol. The van der Waals surface area contributed by atoms with Crippen LogP contribution in [0.2, 0.25) is 0 Å². The molecule has 5 rings (SSSR count). The van der Waals surface area contributed by atoms with Gasteiger partial charge in [-0.2, -0.15) is 0 Å². The van der Waals surface area contributed by atoms with Gasteiger partial charge in [0.15, 0.2) is 0 Å². The minimum absolute atomic E-state index is 0.152. The van der Waals surface area contributed by atoms with Crippen LogP contribution in [0.25, 0.3) is 10.9 Å². The van der Waals surface area contributed by atoms with Gasteiger partial charge < -0.3 is 19.3 Å². The van der Waals surface area contributed by atoms with Gasteiger partial charge in [0.1, 0.15) is 42.6 Å². The molecule has 0 unspecified atom stereocenters. The first-order valence-electron chi connectivity index (χ1n) is 13.3. The molecule has 0 atom stereocenters. The summed E-state index contributed by atoms with van der Waals surface area (Å²) in [5, 5.41) is 11.1. The molecule has 202 valence electrons. The summed E-state index contributed by atoms with van der Waals surface area (Å²) in [5.74, 6) is 0.552. The number of carboxylic acid groups (broad SMARTS) is 1. The van der Waals surface area contributed by atoms with Gasteiger partial charge in [-0.05, 0) is 59.9 Å². The lowest BCUT2D eigenvalue weighted by atomic mass is 9.98. The molecule has 0 saturated heterocycles. The number of fused-ring (bicyclic) bond motifs is 1. The van der Waals surface area contributed by atoms with Crippen LogP contribution in [0.1, 0.15) is 45.2 Å². The SMILES string of the molecule is CCc1c(OCc2ccccc2)cc(OCc2cccc(OCc3ccc4ccccc4n3)c2)c(C(=O)O)c1C. The molecule has 1 aromatic heterocycles. The average Bonchev–Trinajstić information content (AvgIpc) is 2.98. The molecule has 0 aliphatic carbocycles. The molecule has 6 heteroatoms. The number of aromatic nitrogens is 1. The van der Waals surface area contributed by atoms with Crippen molar-refractivity contribution in [2.45, 2.75) is 40.1 Å². The van der Waals surface area contributed by atoms with Gasteiger partial charge in [-0.25, -0.2) is 9.78 Å². The van der Waals surface area contributed by atoms with Crippen LogP contribution in [-0.2, 0) is 26.2 Å². The molecule has 5 aromatic rings. The first-order valence-corrected chi connectivity index (χ1v) is 13.3. The smallest absolute Gasteiger partial charge is 0.339 e. The molecule has 1 heterocycles. The Morgan fingerprint density at radius 1 is 0.750 bits per heavy atom. The number of para-hydroxylation sites is 1. The standard InChI is InChI=1S/C34H31NO5/c1-3-29-23(2)33(34(36)37)32(19-31(29)39-20-24-10-5-4-6-11-24)40-21-25-12-9-14-28(18-25)38-22-27-17-16-26-13-7-8-15-30(26)35-27/h4-19H,3,20-22H2,1-2H3,(H,36,37). The molecule has 0 spiro atoms. The van der Waals surface area contributed by atoms with Crippen LogP contribution in [0, 0.1) is 6.92 Å². The minimum Gasteiger partial charge on any atom is -0.488 e. The molecule has 4 aromatic carbocycles. The summed E-state index contributed by atoms with van der Waals surface area (Å²) < 4.78 is 18.2. The predicted molar refractivity (Wildman–Crippen MR) is 155 cm³/mol. The maximum atomic E-state index is 12.2. The normalized spacial score (nSPS) is 10.8. The number of benzene rings is 4. The lowest BCUT2D eigenvalue weighted by Crippen LogP contribution is -2.10. The van der Waals surface area contributed by atoms with E-state index in [0.29, 0.717) is 36.7 Å². The molecule has 0 aliphatic rings. The number of carbonyl (C=O) groups is 1. The molecule has 0 fully saturated rings. The third-order valence-electron chi connectivity index (χ3n) is 6.77. The van der Waals surface area contributed by atoms with E-state index < -0.39 is 5.97 Å². The van der Waals surface area contributed by atoms with Crippen molar-refractivity contribution in [3.05, 3.63) is 131 Å². The summed E-state index contributed by atoms with van der Waals surface area (Å²) in [6, 6.07) is 31.1. The summed E-state index contributed by atoms with van der Waals surface area (Å²) in [6.07, 6.45) is 0.641. The van der Waals surface area contributed by atoms with Crippen molar-refractivity contribution in [2.24, 2.45) is 0 Å². The summed E-state index contributed by atoms with van der Waals surface area (Å²) in [7, 11) is 0. The van der Waals surface area contributed by atoms with Gasteiger partial charge in [0, 0.05) is 11.5 Å². The van der Waals surface area contributed by atoms with Crippen LogP contribution in [0.5, 0.6) is 17.2 Å². The number of nitrogens with zero attached hydrogens (tertiary/aromatic N) is 1. The Kier molecular flexibility index (Phi) is 8.26. The number of ether oxygens (including phenoxy) is 3. The van der Waals surface area contributed by atoms with Gasteiger partial charge in [-0.1, -0.05) is 73.7 Å². The lowest BCUT2D eigenvalue weighted by Gasteiger charge is -2.19. The van der Waals surface area contributed by atoms with E-state index >= 15 is 0 Å². The van der Waals surface area contributed by atoms with Crippen molar-refractivity contribution in [3.8, 4) is 17.2 Å². The number of hydrogen-bond acceptors (Lipinski definition) is 5. The number of pyridine rings is 1. The summed E-state index contributed by atoms with van der Waals surface area (Å²) in [6.45, 7) is 4.68. The van der Waals surface area contributed by atoms with Crippen LogP contribution in [0.15, 0.2) is 97.1 Å². The highest BCUT2D eigenvalue weighted by molar-refractivity contribution is 5.93. The van der Waals surface area contributed by atoms with E-state index in [1.54, 1.807) is 13.0 Å². The van der Waals surface area contributed by atoms with E-state index in [4.69, 9.17) is 14.2 Å². The first kappa shape index (κ1) is 26.8. The van der Waals surface area contributed by atoms with Crippen molar-refractivity contribution >= 4 is 16.9 Å². The Morgan fingerprint density at radius 2 is 1.48 bits per heavy atom. The Morgan fingerprint density at radius 3 is 2.27 bits per heavy atom. The Bertz CT molecular complexity index is 1630. The fourth-order valence-electron chi connectivity index (χ4n) is 4.71. The first-order chi connectivity index (χ1) is 19.5. The van der Waals surface area contributed by atoms with Crippen molar-refractivity contribution in [3.63, 3.8) is 0 Å². The number of aromatic carboxylic acids is 1. The Balaban J connectivity index is 1.31. The van der Waals surface area contributed by atoms with Crippen molar-refractivity contribution < 1.29 is 24.1 Å². The maximum absolute atomic E-state index is 12.2. The van der Waals surface area contributed by atoms with Crippen LogP contribution >= 0.6 is 0 Å². The molecule has 0 radical (unpaired) electrons. The zero-order valence-electron chi connectivity index (χ0n) is 22.6. The van der Waals surface area contributed by atoms with E-state index in [1.807, 2.05) is 97.9 Å². The minimum atomic E-state index is -1.03. The fraction of sp³-hybridized carbons (Fsp3) is 0.176. The van der Waals surface area contributed by atoms with E-state index in [1.165, 1.54) is 0 Å². The van der Waals surface area contributed by atoms with Crippen LogP contribution in [0.4, 0.5) is 0 Å². The third-order valence-corrected chi connectivity index (χ3v) is 6.77. The number of carboxylic acids is 1. The quantitative estimate of drug-likeness (QED) is 0.189. The second-order valence-corrected chi connectivity index (χ2v) is 9.50. The Labute approximate surface area is 233 Å². The third kappa shape index (κ3) is 6.24. The highest BCUT2D eigenvalue weighted by atomic mass is 16.5. The highest BCUT2D eigenvalue weighted by Crippen LogP contribution is 2.35. The van der Waals surface area contributed by atoms with Crippen LogP contribution in [-0.4, -0.2) is 16.1 Å². The second kappa shape index (κ2) is 12.3. The number of hydrogen-bond donors (Lipinski definition) is 1. The van der Waals surface area contributed by atoms with Crippen LogP contribution < -0.4 is 14.2 Å². The summed E-state index contributed by atoms with van der Waals surface area (Å²) in [5.41, 5.74) is 5.30. The van der Waals surface area contributed by atoms with E-state index in [9.17, 15) is 9.90 Å². The van der Waals surface area contributed by atoms with E-state index in [-0.39, 0.29) is 17.9 Å².